The average Bonchev–Trinajstić information content (AvgIpc) is 2.89. The van der Waals surface area contributed by atoms with Crippen molar-refractivity contribution in [3.05, 3.63) is 53.6 Å². The van der Waals surface area contributed by atoms with E-state index in [4.69, 9.17) is 0 Å². The monoisotopic (exact) mass is 261 g/mol. The van der Waals surface area contributed by atoms with E-state index in [1.54, 1.807) is 12.1 Å². The molecule has 0 aliphatic rings. The predicted octanol–water partition coefficient (Wildman–Crippen LogP) is 3.28. The zero-order chi connectivity index (χ0) is 13.7. The molecule has 1 aromatic carbocycles. The number of benzene rings is 1. The van der Waals surface area contributed by atoms with Gasteiger partial charge in [-0.15, -0.1) is 0 Å². The van der Waals surface area contributed by atoms with Crippen molar-refractivity contribution in [2.45, 2.75) is 39.4 Å². The highest BCUT2D eigenvalue weighted by molar-refractivity contribution is 5.17. The molecule has 1 N–H and O–H groups in total. The lowest BCUT2D eigenvalue weighted by Crippen LogP contribution is -2.14. The first-order valence-corrected chi connectivity index (χ1v) is 6.69. The lowest BCUT2D eigenvalue weighted by molar-refractivity contribution is 0.471. The van der Waals surface area contributed by atoms with Gasteiger partial charge in [-0.2, -0.15) is 5.10 Å². The number of hydrogen-bond acceptors (Lipinski definition) is 2. The fourth-order valence-electron chi connectivity index (χ4n) is 1.87. The van der Waals surface area contributed by atoms with Crippen molar-refractivity contribution >= 4 is 0 Å². The van der Waals surface area contributed by atoms with Crippen molar-refractivity contribution in [1.82, 2.24) is 15.1 Å². The highest BCUT2D eigenvalue weighted by atomic mass is 19.1. The first kappa shape index (κ1) is 13.7. The number of aromatic nitrogens is 2. The lowest BCUT2D eigenvalue weighted by Gasteiger charge is -2.08. The Morgan fingerprint density at radius 3 is 2.79 bits per heavy atom. The van der Waals surface area contributed by atoms with Gasteiger partial charge >= 0.3 is 0 Å². The molecule has 102 valence electrons. The third-order valence-electron chi connectivity index (χ3n) is 3.29. The van der Waals surface area contributed by atoms with E-state index in [0.29, 0.717) is 24.7 Å². The van der Waals surface area contributed by atoms with Crippen LogP contribution in [-0.4, -0.2) is 9.78 Å². The van der Waals surface area contributed by atoms with Gasteiger partial charge in [0, 0.05) is 30.9 Å². The quantitative estimate of drug-likeness (QED) is 0.864. The van der Waals surface area contributed by atoms with Crippen LogP contribution in [0.5, 0.6) is 0 Å². The summed E-state index contributed by atoms with van der Waals surface area (Å²) in [5.74, 6) is -0.167. The van der Waals surface area contributed by atoms with Crippen LogP contribution in [0.1, 0.15) is 37.6 Å². The normalized spacial score (nSPS) is 12.6. The summed E-state index contributed by atoms with van der Waals surface area (Å²) in [6, 6.07) is 9.24. The highest BCUT2D eigenvalue weighted by Crippen LogP contribution is 2.09. The van der Waals surface area contributed by atoms with Crippen molar-refractivity contribution in [2.24, 2.45) is 0 Å². The van der Waals surface area contributed by atoms with E-state index in [-0.39, 0.29) is 5.82 Å². The molecule has 1 aromatic heterocycles. The third-order valence-corrected chi connectivity index (χ3v) is 3.29. The van der Waals surface area contributed by atoms with E-state index in [9.17, 15) is 4.39 Å². The molecule has 0 bridgehead atoms. The van der Waals surface area contributed by atoms with Crippen LogP contribution >= 0.6 is 0 Å². The fourth-order valence-corrected chi connectivity index (χ4v) is 1.87. The largest absolute Gasteiger partial charge is 0.307 e. The van der Waals surface area contributed by atoms with Crippen LogP contribution < -0.4 is 5.32 Å². The standard InChI is InChI=1S/C15H20FN3/c1-3-12(2)19-9-8-14(18-19)11-17-10-13-6-4-5-7-15(13)16/h4-9,12,17H,3,10-11H2,1-2H3. The Balaban J connectivity index is 1.86. The lowest BCUT2D eigenvalue weighted by atomic mass is 10.2. The molecule has 0 saturated heterocycles. The second kappa shape index (κ2) is 6.48. The minimum absolute atomic E-state index is 0.167. The maximum absolute atomic E-state index is 13.4. The summed E-state index contributed by atoms with van der Waals surface area (Å²) in [4.78, 5) is 0. The van der Waals surface area contributed by atoms with E-state index < -0.39 is 0 Å². The number of halogens is 1. The van der Waals surface area contributed by atoms with Crippen LogP contribution in [0, 0.1) is 5.82 Å². The summed E-state index contributed by atoms with van der Waals surface area (Å²) in [7, 11) is 0. The molecule has 1 atom stereocenters. The fraction of sp³-hybridized carbons (Fsp3) is 0.400. The first-order chi connectivity index (χ1) is 9.20. The summed E-state index contributed by atoms with van der Waals surface area (Å²) < 4.78 is 15.4. The van der Waals surface area contributed by atoms with Crippen molar-refractivity contribution in [3.8, 4) is 0 Å². The Kier molecular flexibility index (Phi) is 4.68. The molecule has 0 aliphatic carbocycles. The molecule has 0 amide bonds. The topological polar surface area (TPSA) is 29.9 Å². The third kappa shape index (κ3) is 3.64. The average molecular weight is 261 g/mol. The first-order valence-electron chi connectivity index (χ1n) is 6.69. The molecule has 2 aromatic rings. The van der Waals surface area contributed by atoms with Gasteiger partial charge in [0.25, 0.3) is 0 Å². The van der Waals surface area contributed by atoms with Crippen LogP contribution in [0.25, 0.3) is 0 Å². The van der Waals surface area contributed by atoms with Crippen LogP contribution in [0.15, 0.2) is 36.5 Å². The Bertz CT molecular complexity index is 522. The summed E-state index contributed by atoms with van der Waals surface area (Å²) in [5.41, 5.74) is 1.67. The number of nitrogens with one attached hydrogen (secondary N) is 1. The summed E-state index contributed by atoms with van der Waals surface area (Å²) in [6.45, 7) is 5.45. The van der Waals surface area contributed by atoms with E-state index in [2.05, 4.69) is 24.3 Å². The minimum Gasteiger partial charge on any atom is -0.307 e. The number of rotatable bonds is 6. The molecule has 3 nitrogen and oxygen atoms in total. The zero-order valence-electron chi connectivity index (χ0n) is 11.4. The molecule has 0 spiro atoms. The van der Waals surface area contributed by atoms with Crippen LogP contribution in [0.3, 0.4) is 0 Å². The van der Waals surface area contributed by atoms with E-state index >= 15 is 0 Å². The molecule has 19 heavy (non-hydrogen) atoms. The van der Waals surface area contributed by atoms with Crippen molar-refractivity contribution in [2.75, 3.05) is 0 Å². The predicted molar refractivity (Wildman–Crippen MR) is 74.2 cm³/mol. The molecule has 2 rings (SSSR count). The van der Waals surface area contributed by atoms with E-state index in [0.717, 1.165) is 12.1 Å². The van der Waals surface area contributed by atoms with Gasteiger partial charge in [0.2, 0.25) is 0 Å². The molecule has 4 heteroatoms. The van der Waals surface area contributed by atoms with Gasteiger partial charge in [0.15, 0.2) is 0 Å². The minimum atomic E-state index is -0.167. The molecule has 0 saturated carbocycles. The Morgan fingerprint density at radius 1 is 1.26 bits per heavy atom. The molecular formula is C15H20FN3. The molecule has 1 unspecified atom stereocenters. The second-order valence-corrected chi connectivity index (χ2v) is 4.74. The maximum Gasteiger partial charge on any atom is 0.127 e. The summed E-state index contributed by atoms with van der Waals surface area (Å²) >= 11 is 0. The summed E-state index contributed by atoms with van der Waals surface area (Å²) in [6.07, 6.45) is 3.05. The van der Waals surface area contributed by atoms with Crippen molar-refractivity contribution in [1.29, 1.82) is 0 Å². The maximum atomic E-state index is 13.4. The van der Waals surface area contributed by atoms with Crippen molar-refractivity contribution < 1.29 is 4.39 Å². The van der Waals surface area contributed by atoms with Crippen LogP contribution in [0.4, 0.5) is 4.39 Å². The molecule has 0 radical (unpaired) electrons. The van der Waals surface area contributed by atoms with Crippen molar-refractivity contribution in [3.63, 3.8) is 0 Å². The van der Waals surface area contributed by atoms with Gasteiger partial charge in [-0.25, -0.2) is 4.39 Å². The van der Waals surface area contributed by atoms with Gasteiger partial charge in [0.1, 0.15) is 5.82 Å². The smallest absolute Gasteiger partial charge is 0.127 e. The number of hydrogen-bond donors (Lipinski definition) is 1. The Labute approximate surface area is 113 Å². The van der Waals surface area contributed by atoms with Crippen LogP contribution in [-0.2, 0) is 13.1 Å². The summed E-state index contributed by atoms with van der Waals surface area (Å²) in [5, 5.41) is 7.71. The SMILES string of the molecule is CCC(C)n1ccc(CNCc2ccccc2F)n1. The van der Waals surface area contributed by atoms with Gasteiger partial charge in [-0.3, -0.25) is 4.68 Å². The van der Waals surface area contributed by atoms with E-state index in [1.165, 1.54) is 6.07 Å². The Hall–Kier alpha value is -1.68. The Morgan fingerprint density at radius 2 is 2.05 bits per heavy atom. The second-order valence-electron chi connectivity index (χ2n) is 4.74. The number of nitrogens with zero attached hydrogens (tertiary/aromatic N) is 2. The van der Waals surface area contributed by atoms with Gasteiger partial charge in [-0.05, 0) is 25.5 Å². The molecule has 1 heterocycles. The molecule has 0 fully saturated rings. The zero-order valence-corrected chi connectivity index (χ0v) is 11.4. The van der Waals surface area contributed by atoms with Gasteiger partial charge < -0.3 is 5.32 Å². The van der Waals surface area contributed by atoms with Gasteiger partial charge in [-0.1, -0.05) is 25.1 Å². The molecular weight excluding hydrogens is 241 g/mol. The van der Waals surface area contributed by atoms with Crippen LogP contribution in [0.2, 0.25) is 0 Å². The molecule has 0 aliphatic heterocycles. The van der Waals surface area contributed by atoms with E-state index in [1.807, 2.05) is 23.0 Å². The highest BCUT2D eigenvalue weighted by Gasteiger charge is 2.05. The van der Waals surface area contributed by atoms with Gasteiger partial charge in [0.05, 0.1) is 5.69 Å².